The Balaban J connectivity index is 5.95. The Labute approximate surface area is 129 Å². The lowest BCUT2D eigenvalue weighted by atomic mass is 10.2. The topological polar surface area (TPSA) is 36.8 Å². The van der Waals surface area contributed by atoms with Crippen molar-refractivity contribution in [3.05, 3.63) is 0 Å². The van der Waals surface area contributed by atoms with Crippen molar-refractivity contribution < 1.29 is 0 Å². The van der Waals surface area contributed by atoms with Gasteiger partial charge in [-0.2, -0.15) is 0 Å². The zero-order valence-electron chi connectivity index (χ0n) is 15.9. The van der Waals surface area contributed by atoms with Crippen molar-refractivity contribution in [3.63, 3.8) is 0 Å². The molecule has 0 saturated heterocycles. The van der Waals surface area contributed by atoms with Gasteiger partial charge >= 0.3 is 0 Å². The largest absolute Gasteiger partial charge is 0.320 e. The molecule has 120 valence electrons. The maximum atomic E-state index is 5.04. The lowest BCUT2D eigenvalue weighted by Gasteiger charge is -2.54. The van der Waals surface area contributed by atoms with Gasteiger partial charge in [0, 0.05) is 0 Å². The van der Waals surface area contributed by atoms with Gasteiger partial charge in [-0.1, -0.05) is 87.2 Å². The van der Waals surface area contributed by atoms with E-state index in [0.29, 0.717) is 0 Å². The molecule has 0 aromatic rings. The smallest absolute Gasteiger partial charge is 0.227 e. The average Bonchev–Trinajstić information content (AvgIpc) is 2.03. The normalized spacial score (nSPS) is 15.8. The molecule has 0 rings (SSSR count). The number of nitrogens with one attached hydrogen (secondary N) is 1. The van der Waals surface area contributed by atoms with Crippen molar-refractivity contribution in [1.82, 2.24) is 5.09 Å². The quantitative estimate of drug-likeness (QED) is 0.380. The van der Waals surface area contributed by atoms with Gasteiger partial charge in [0.25, 0.3) is 0 Å². The predicted molar refractivity (Wildman–Crippen MR) is 96.2 cm³/mol. The molecule has 0 fully saturated rings. The van der Waals surface area contributed by atoms with E-state index in [0.717, 1.165) is 0 Å². The van der Waals surface area contributed by atoms with Crippen molar-refractivity contribution in [2.24, 2.45) is 10.0 Å². The summed E-state index contributed by atoms with van der Waals surface area (Å²) in [7, 11) is -3.50. The van der Waals surface area contributed by atoms with Crippen LogP contribution in [0.25, 0.3) is 0 Å². The number of nitrogens with zero attached hydrogens (tertiary/aromatic N) is 2. The number of hydrogen-bond acceptors (Lipinski definition) is 2. The Kier molecular flexibility index (Phi) is 5.51. The third kappa shape index (κ3) is 4.16. The van der Waals surface area contributed by atoms with E-state index in [-0.39, 0.29) is 15.1 Å². The highest BCUT2D eigenvalue weighted by Crippen LogP contribution is 2.62. The fourth-order valence-corrected chi connectivity index (χ4v) is 12.4. The van der Waals surface area contributed by atoms with E-state index in [2.05, 4.69) is 92.3 Å². The summed E-state index contributed by atoms with van der Waals surface area (Å²) in [6.07, 6.45) is 0. The molecule has 20 heavy (non-hydrogen) atoms. The molecule has 0 radical (unpaired) electrons. The SMILES string of the molecule is CC(C)(C)[Si](N=NN[Si](C)(C)C)(C(C)(C)C)C(C)(C)C. The Hall–Kier alpha value is -0.166. The molecule has 0 aromatic heterocycles. The van der Waals surface area contributed by atoms with Gasteiger partial charge < -0.3 is 5.09 Å². The zero-order valence-corrected chi connectivity index (χ0v) is 17.9. The van der Waals surface area contributed by atoms with Gasteiger partial charge in [0.15, 0.2) is 8.24 Å². The highest BCUT2D eigenvalue weighted by atomic mass is 28.3. The van der Waals surface area contributed by atoms with Gasteiger partial charge in [-0.25, -0.2) is 4.78 Å². The maximum Gasteiger partial charge on any atom is 0.227 e. The molecule has 0 aliphatic carbocycles. The summed E-state index contributed by atoms with van der Waals surface area (Å²) < 4.78 is 5.04. The van der Waals surface area contributed by atoms with E-state index in [9.17, 15) is 0 Å². The van der Waals surface area contributed by atoms with Crippen LogP contribution in [0.5, 0.6) is 0 Å². The molecule has 0 amide bonds. The molecule has 0 heterocycles. The fraction of sp³-hybridized carbons (Fsp3) is 1.00. The van der Waals surface area contributed by atoms with Crippen LogP contribution < -0.4 is 5.09 Å². The van der Waals surface area contributed by atoms with Gasteiger partial charge in [-0.15, -0.1) is 0 Å². The fourth-order valence-electron chi connectivity index (χ4n) is 4.07. The zero-order chi connectivity index (χ0) is 16.6. The summed E-state index contributed by atoms with van der Waals surface area (Å²) in [5.74, 6) is 0. The van der Waals surface area contributed by atoms with Crippen molar-refractivity contribution in [2.75, 3.05) is 0 Å². The Bertz CT molecular complexity index is 313. The molecular weight excluding hydrogens is 278 g/mol. The van der Waals surface area contributed by atoms with Crippen LogP contribution in [0.3, 0.4) is 0 Å². The second-order valence-electron chi connectivity index (χ2n) is 10.0. The summed E-state index contributed by atoms with van der Waals surface area (Å²) in [4.78, 5) is 0. The molecule has 3 nitrogen and oxygen atoms in total. The Morgan fingerprint density at radius 1 is 0.650 bits per heavy atom. The molecule has 0 aromatic carbocycles. The Morgan fingerprint density at radius 3 is 1.15 bits per heavy atom. The van der Waals surface area contributed by atoms with Gasteiger partial charge in [0.05, 0.1) is 0 Å². The predicted octanol–water partition coefficient (Wildman–Crippen LogP) is 6.12. The highest BCUT2D eigenvalue weighted by Gasteiger charge is 2.62. The van der Waals surface area contributed by atoms with Crippen molar-refractivity contribution in [1.29, 1.82) is 0 Å². The molecule has 0 spiro atoms. The molecule has 0 bridgehead atoms. The molecular formula is C15H37N3Si2. The lowest BCUT2D eigenvalue weighted by Crippen LogP contribution is -2.57. The summed E-state index contributed by atoms with van der Waals surface area (Å²) in [5, 5.41) is 8.32. The minimum Gasteiger partial charge on any atom is -0.320 e. The van der Waals surface area contributed by atoms with E-state index in [1.165, 1.54) is 0 Å². The lowest BCUT2D eigenvalue weighted by molar-refractivity contribution is 0.523. The average molecular weight is 316 g/mol. The minimum absolute atomic E-state index is 0.161. The monoisotopic (exact) mass is 315 g/mol. The van der Waals surface area contributed by atoms with Crippen LogP contribution >= 0.6 is 0 Å². The third-order valence-electron chi connectivity index (χ3n) is 3.84. The summed E-state index contributed by atoms with van der Waals surface area (Å²) in [6.45, 7) is 27.8. The summed E-state index contributed by atoms with van der Waals surface area (Å²) in [5.41, 5.74) is 0. The van der Waals surface area contributed by atoms with Crippen LogP contribution in [-0.4, -0.2) is 16.5 Å². The first-order valence-electron chi connectivity index (χ1n) is 7.65. The van der Waals surface area contributed by atoms with E-state index in [1.54, 1.807) is 0 Å². The van der Waals surface area contributed by atoms with Gasteiger partial charge in [-0.05, 0) is 15.1 Å². The molecule has 0 unspecified atom stereocenters. The summed E-state index contributed by atoms with van der Waals surface area (Å²) in [6, 6.07) is 0. The first-order chi connectivity index (χ1) is 8.46. The first-order valence-corrected chi connectivity index (χ1v) is 13.1. The molecule has 5 heteroatoms. The molecule has 1 N–H and O–H groups in total. The van der Waals surface area contributed by atoms with Crippen molar-refractivity contribution in [3.8, 4) is 0 Å². The van der Waals surface area contributed by atoms with Crippen LogP contribution in [0.4, 0.5) is 0 Å². The number of rotatable bonds is 3. The summed E-state index contributed by atoms with van der Waals surface area (Å²) >= 11 is 0. The van der Waals surface area contributed by atoms with Crippen molar-refractivity contribution >= 4 is 16.5 Å². The first kappa shape index (κ1) is 19.8. The van der Waals surface area contributed by atoms with Crippen LogP contribution in [-0.2, 0) is 0 Å². The van der Waals surface area contributed by atoms with Crippen LogP contribution in [0.2, 0.25) is 34.8 Å². The van der Waals surface area contributed by atoms with E-state index in [1.807, 2.05) is 0 Å². The van der Waals surface area contributed by atoms with E-state index in [4.69, 9.17) is 4.78 Å². The second-order valence-corrected chi connectivity index (χ2v) is 20.9. The molecule has 0 aliphatic heterocycles. The molecule has 0 atom stereocenters. The highest BCUT2D eigenvalue weighted by molar-refractivity contribution is 6.85. The van der Waals surface area contributed by atoms with Crippen LogP contribution in [0, 0.1) is 0 Å². The second kappa shape index (κ2) is 5.56. The van der Waals surface area contributed by atoms with Crippen LogP contribution in [0.15, 0.2) is 10.0 Å². The van der Waals surface area contributed by atoms with Crippen molar-refractivity contribution in [2.45, 2.75) is 97.1 Å². The number of hydrogen-bond donors (Lipinski definition) is 1. The maximum absolute atomic E-state index is 5.04. The minimum atomic E-state index is -2.08. The van der Waals surface area contributed by atoms with Gasteiger partial charge in [0.2, 0.25) is 8.24 Å². The van der Waals surface area contributed by atoms with Gasteiger partial charge in [-0.3, -0.25) is 0 Å². The van der Waals surface area contributed by atoms with E-state index >= 15 is 0 Å². The van der Waals surface area contributed by atoms with Crippen LogP contribution in [0.1, 0.15) is 62.3 Å². The van der Waals surface area contributed by atoms with E-state index < -0.39 is 16.5 Å². The van der Waals surface area contributed by atoms with Gasteiger partial charge in [0.1, 0.15) is 0 Å². The standard InChI is InChI=1S/C15H37N3Si2/c1-13(2,3)20(14(4,5)6,15(7,8)9)18-16-17-19(10,11)12/h1-12H3,(H,17,18). The molecule has 0 saturated carbocycles. The third-order valence-corrected chi connectivity index (χ3v) is 11.5. The Morgan fingerprint density at radius 2 is 0.950 bits per heavy atom. The molecule has 0 aliphatic rings.